The third-order valence-electron chi connectivity index (χ3n) is 5.58. The third kappa shape index (κ3) is 3.41. The summed E-state index contributed by atoms with van der Waals surface area (Å²) >= 11 is 1.52. The molecule has 1 saturated heterocycles. The molecule has 0 saturated carbocycles. The van der Waals surface area contributed by atoms with Crippen LogP contribution in [0.5, 0.6) is 11.5 Å². The van der Waals surface area contributed by atoms with Gasteiger partial charge in [-0.15, -0.1) is 0 Å². The SMILES string of the molecule is O=C(Nc1ccc2c(c1)OCO2)C1CCN(C(=O)c2cnc3n(c2=O)CCS3)CC1. The minimum Gasteiger partial charge on any atom is -0.454 e. The van der Waals surface area contributed by atoms with Gasteiger partial charge >= 0.3 is 0 Å². The largest absolute Gasteiger partial charge is 0.454 e. The fourth-order valence-corrected chi connectivity index (χ4v) is 4.81. The fourth-order valence-electron chi connectivity index (χ4n) is 3.90. The number of carbonyl (C=O) groups is 2. The quantitative estimate of drug-likeness (QED) is 0.740. The minimum absolute atomic E-state index is 0.0859. The molecule has 10 heteroatoms. The van der Waals surface area contributed by atoms with E-state index in [-0.39, 0.29) is 35.6 Å². The van der Waals surface area contributed by atoms with Gasteiger partial charge in [-0.1, -0.05) is 11.8 Å². The molecule has 0 bridgehead atoms. The van der Waals surface area contributed by atoms with Crippen molar-refractivity contribution >= 4 is 29.3 Å². The number of ether oxygens (including phenoxy) is 2. The number of nitrogens with one attached hydrogen (secondary N) is 1. The summed E-state index contributed by atoms with van der Waals surface area (Å²) in [5, 5.41) is 3.57. The predicted molar refractivity (Wildman–Crippen MR) is 109 cm³/mol. The van der Waals surface area contributed by atoms with Crippen LogP contribution < -0.4 is 20.3 Å². The molecule has 1 aromatic heterocycles. The number of nitrogens with zero attached hydrogens (tertiary/aromatic N) is 3. The van der Waals surface area contributed by atoms with Gasteiger partial charge in [0.15, 0.2) is 16.7 Å². The predicted octanol–water partition coefficient (Wildman–Crippen LogP) is 1.57. The molecule has 1 aromatic carbocycles. The van der Waals surface area contributed by atoms with Gasteiger partial charge in [0, 0.05) is 49.3 Å². The van der Waals surface area contributed by atoms with Gasteiger partial charge in [0.05, 0.1) is 0 Å². The first-order valence-electron chi connectivity index (χ1n) is 9.82. The zero-order valence-electron chi connectivity index (χ0n) is 16.1. The smallest absolute Gasteiger partial charge is 0.267 e. The maximum Gasteiger partial charge on any atom is 0.267 e. The second-order valence-corrected chi connectivity index (χ2v) is 8.45. The maximum absolute atomic E-state index is 12.8. The van der Waals surface area contributed by atoms with E-state index in [4.69, 9.17) is 9.47 Å². The molecule has 9 nitrogen and oxygen atoms in total. The summed E-state index contributed by atoms with van der Waals surface area (Å²) in [6.07, 6.45) is 2.46. The van der Waals surface area contributed by atoms with Crippen LogP contribution in [0, 0.1) is 5.92 Å². The number of piperidine rings is 1. The zero-order chi connectivity index (χ0) is 20.7. The number of hydrogen-bond acceptors (Lipinski definition) is 7. The van der Waals surface area contributed by atoms with Crippen molar-refractivity contribution in [3.05, 3.63) is 40.3 Å². The topological polar surface area (TPSA) is 103 Å². The zero-order valence-corrected chi connectivity index (χ0v) is 16.9. The highest BCUT2D eigenvalue weighted by atomic mass is 32.2. The number of fused-ring (bicyclic) bond motifs is 2. The van der Waals surface area contributed by atoms with Crippen molar-refractivity contribution in [1.82, 2.24) is 14.5 Å². The Hall–Kier alpha value is -3.01. The van der Waals surface area contributed by atoms with Crippen LogP contribution in [0.4, 0.5) is 5.69 Å². The van der Waals surface area contributed by atoms with Gasteiger partial charge in [0.25, 0.3) is 11.5 Å². The highest BCUT2D eigenvalue weighted by molar-refractivity contribution is 7.99. The average molecular weight is 428 g/mol. The van der Waals surface area contributed by atoms with Gasteiger partial charge < -0.3 is 19.7 Å². The van der Waals surface area contributed by atoms with Crippen LogP contribution in [-0.2, 0) is 11.3 Å². The summed E-state index contributed by atoms with van der Waals surface area (Å²) in [6.45, 7) is 1.61. The van der Waals surface area contributed by atoms with Gasteiger partial charge in [-0.05, 0) is 25.0 Å². The number of thioether (sulfide) groups is 1. The number of anilines is 1. The molecule has 3 aliphatic heterocycles. The van der Waals surface area contributed by atoms with Crippen molar-refractivity contribution < 1.29 is 19.1 Å². The van der Waals surface area contributed by atoms with E-state index >= 15 is 0 Å². The number of aromatic nitrogens is 2. The summed E-state index contributed by atoms with van der Waals surface area (Å²) in [5.74, 6) is 1.47. The van der Waals surface area contributed by atoms with Crippen molar-refractivity contribution in [1.29, 1.82) is 0 Å². The molecule has 0 aliphatic carbocycles. The van der Waals surface area contributed by atoms with Gasteiger partial charge in [0.1, 0.15) is 5.56 Å². The normalized spacial score (nSPS) is 17.7. The van der Waals surface area contributed by atoms with Crippen molar-refractivity contribution in [2.45, 2.75) is 24.5 Å². The van der Waals surface area contributed by atoms with Crippen LogP contribution in [0.3, 0.4) is 0 Å². The van der Waals surface area contributed by atoms with E-state index < -0.39 is 0 Å². The maximum atomic E-state index is 12.8. The highest BCUT2D eigenvalue weighted by Gasteiger charge is 2.30. The summed E-state index contributed by atoms with van der Waals surface area (Å²) in [7, 11) is 0. The Morgan fingerprint density at radius 1 is 1.13 bits per heavy atom. The molecule has 3 aliphatic rings. The monoisotopic (exact) mass is 428 g/mol. The Balaban J connectivity index is 1.20. The summed E-state index contributed by atoms with van der Waals surface area (Å²) in [6, 6.07) is 5.28. The molecular weight excluding hydrogens is 408 g/mol. The summed E-state index contributed by atoms with van der Waals surface area (Å²) in [5.41, 5.74) is 0.472. The minimum atomic E-state index is -0.311. The van der Waals surface area contributed by atoms with Crippen LogP contribution >= 0.6 is 11.8 Å². The number of amides is 2. The second kappa shape index (κ2) is 7.67. The van der Waals surface area contributed by atoms with E-state index in [1.807, 2.05) is 0 Å². The van der Waals surface area contributed by atoms with Crippen LogP contribution in [0.25, 0.3) is 0 Å². The number of hydrogen-bond donors (Lipinski definition) is 1. The highest BCUT2D eigenvalue weighted by Crippen LogP contribution is 2.34. The van der Waals surface area contributed by atoms with Crippen LogP contribution in [0.2, 0.25) is 0 Å². The molecule has 0 atom stereocenters. The molecule has 2 aromatic rings. The van der Waals surface area contributed by atoms with Gasteiger partial charge in [-0.2, -0.15) is 0 Å². The Morgan fingerprint density at radius 3 is 2.77 bits per heavy atom. The van der Waals surface area contributed by atoms with E-state index in [1.54, 1.807) is 27.7 Å². The number of carbonyl (C=O) groups excluding carboxylic acids is 2. The van der Waals surface area contributed by atoms with Crippen molar-refractivity contribution in [3.63, 3.8) is 0 Å². The first kappa shape index (κ1) is 19.0. The lowest BCUT2D eigenvalue weighted by Gasteiger charge is -2.31. The molecule has 2 amide bonds. The van der Waals surface area contributed by atoms with Crippen molar-refractivity contribution in [2.24, 2.45) is 5.92 Å². The van der Waals surface area contributed by atoms with Crippen molar-refractivity contribution in [3.8, 4) is 11.5 Å². The van der Waals surface area contributed by atoms with E-state index in [9.17, 15) is 14.4 Å². The van der Waals surface area contributed by atoms with Gasteiger partial charge in [0.2, 0.25) is 12.7 Å². The standard InChI is InChI=1S/C20H20N4O5S/c25-17(22-13-1-2-15-16(9-13)29-11-28-15)12-3-5-23(6-4-12)18(26)14-10-21-20-24(19(14)27)7-8-30-20/h1-2,9-10,12H,3-8,11H2,(H,22,25). The van der Waals surface area contributed by atoms with Crippen LogP contribution in [-0.4, -0.2) is 51.9 Å². The fraction of sp³-hybridized carbons (Fsp3) is 0.400. The molecule has 5 rings (SSSR count). The Kier molecular flexibility index (Phi) is 4.86. The average Bonchev–Trinajstić information content (AvgIpc) is 3.43. The molecule has 1 fully saturated rings. The van der Waals surface area contributed by atoms with Crippen molar-refractivity contribution in [2.75, 3.05) is 31.0 Å². The van der Waals surface area contributed by atoms with E-state index in [0.29, 0.717) is 54.8 Å². The van der Waals surface area contributed by atoms with E-state index in [2.05, 4.69) is 10.3 Å². The number of benzene rings is 1. The number of rotatable bonds is 3. The Bertz CT molecular complexity index is 1080. The van der Waals surface area contributed by atoms with E-state index in [0.717, 1.165) is 5.75 Å². The first-order valence-corrected chi connectivity index (χ1v) is 10.8. The van der Waals surface area contributed by atoms with Gasteiger partial charge in [-0.25, -0.2) is 4.98 Å². The van der Waals surface area contributed by atoms with Crippen LogP contribution in [0.1, 0.15) is 23.2 Å². The van der Waals surface area contributed by atoms with Gasteiger partial charge in [-0.3, -0.25) is 19.0 Å². The summed E-state index contributed by atoms with van der Waals surface area (Å²) < 4.78 is 12.2. The molecule has 0 spiro atoms. The third-order valence-corrected chi connectivity index (χ3v) is 6.55. The molecule has 0 unspecified atom stereocenters. The molecular formula is C20H20N4O5S. The van der Waals surface area contributed by atoms with Crippen LogP contribution in [0.15, 0.2) is 34.3 Å². The molecule has 0 radical (unpaired) electrons. The second-order valence-electron chi connectivity index (χ2n) is 7.38. The Morgan fingerprint density at radius 2 is 1.93 bits per heavy atom. The first-order chi connectivity index (χ1) is 14.6. The van der Waals surface area contributed by atoms with E-state index in [1.165, 1.54) is 18.0 Å². The number of likely N-dealkylation sites (tertiary alicyclic amines) is 1. The molecule has 4 heterocycles. The Labute approximate surface area is 176 Å². The molecule has 30 heavy (non-hydrogen) atoms. The lowest BCUT2D eigenvalue weighted by molar-refractivity contribution is -0.121. The molecule has 156 valence electrons. The summed E-state index contributed by atoms with van der Waals surface area (Å²) in [4.78, 5) is 43.9. The lowest BCUT2D eigenvalue weighted by Crippen LogP contribution is -2.43. The molecule has 1 N–H and O–H groups in total. The lowest BCUT2D eigenvalue weighted by atomic mass is 9.95.